The molecule has 0 aliphatic heterocycles. The van der Waals surface area contributed by atoms with Crippen LogP contribution in [-0.2, 0) is 0 Å². The number of carbonyl (C=O) groups is 2. The number of fused-ring (bicyclic) bond motifs is 1. The molecule has 1 amide bonds. The minimum atomic E-state index is -0.122. The average molecular weight is 462 g/mol. The van der Waals surface area contributed by atoms with Crippen LogP contribution < -0.4 is 9.64 Å². The summed E-state index contributed by atoms with van der Waals surface area (Å²) in [6, 6.07) is 12.5. The normalized spacial score (nSPS) is 10.7. The van der Waals surface area contributed by atoms with Gasteiger partial charge in [-0.1, -0.05) is 37.3 Å². The Balaban J connectivity index is 0.00000341. The molecule has 0 saturated carbocycles. The molecule has 0 N–H and O–H groups in total. The lowest BCUT2D eigenvalue weighted by Gasteiger charge is -2.24. The number of ether oxygens (including phenoxy) is 1. The summed E-state index contributed by atoms with van der Waals surface area (Å²) < 4.78 is 6.30. The van der Waals surface area contributed by atoms with Gasteiger partial charge in [-0.15, -0.1) is 12.4 Å². The first-order valence-electron chi connectivity index (χ1n) is 10.1. The number of nitrogens with zero attached hydrogens (tertiary/aromatic N) is 3. The number of hydrogen-bond acceptors (Lipinski definition) is 6. The number of halogens is 1. The van der Waals surface area contributed by atoms with Gasteiger partial charge in [-0.3, -0.25) is 14.5 Å². The predicted octanol–water partition coefficient (Wildman–Crippen LogP) is 4.92. The fraction of sp³-hybridized carbons (Fsp3) is 0.348. The van der Waals surface area contributed by atoms with E-state index in [0.717, 1.165) is 35.6 Å². The number of ketones is 1. The van der Waals surface area contributed by atoms with Gasteiger partial charge in [0.25, 0.3) is 5.91 Å². The number of anilines is 1. The molecule has 3 aromatic rings. The number of thiazole rings is 1. The van der Waals surface area contributed by atoms with Gasteiger partial charge < -0.3 is 9.64 Å². The molecular weight excluding hydrogens is 434 g/mol. The van der Waals surface area contributed by atoms with E-state index in [0.29, 0.717) is 22.8 Å². The summed E-state index contributed by atoms with van der Waals surface area (Å²) in [6.07, 6.45) is 0. The third-order valence-electron chi connectivity index (χ3n) is 5.13. The first kappa shape index (κ1) is 24.8. The van der Waals surface area contributed by atoms with Crippen molar-refractivity contribution in [2.75, 3.05) is 38.2 Å². The second-order valence-corrected chi connectivity index (χ2v) is 7.96. The van der Waals surface area contributed by atoms with E-state index in [1.165, 1.54) is 18.3 Å². The van der Waals surface area contributed by atoms with Gasteiger partial charge in [-0.05, 0) is 44.3 Å². The van der Waals surface area contributed by atoms with Crippen molar-refractivity contribution in [2.45, 2.75) is 20.8 Å². The Morgan fingerprint density at radius 1 is 1.00 bits per heavy atom. The number of carbonyl (C=O) groups excluding carboxylic acids is 2. The highest BCUT2D eigenvalue weighted by Gasteiger charge is 2.22. The molecule has 0 spiro atoms. The standard InChI is InChI=1S/C23H27N3O3S.ClH/c1-5-25(6-2)13-14-26(22(28)18-9-7-17(8-10-18)16(3)27)23-24-20-15-19(29-4)11-12-21(20)30-23;/h7-12,15H,5-6,13-14H2,1-4H3;1H. The van der Waals surface area contributed by atoms with Crippen LogP contribution in [0.25, 0.3) is 10.2 Å². The molecule has 0 atom stereocenters. The summed E-state index contributed by atoms with van der Waals surface area (Å²) in [5, 5.41) is 0.658. The molecule has 3 rings (SSSR count). The average Bonchev–Trinajstić information content (AvgIpc) is 3.19. The minimum absolute atomic E-state index is 0. The molecule has 6 nitrogen and oxygen atoms in total. The van der Waals surface area contributed by atoms with E-state index in [4.69, 9.17) is 9.72 Å². The molecule has 31 heavy (non-hydrogen) atoms. The monoisotopic (exact) mass is 461 g/mol. The Hall–Kier alpha value is -2.48. The van der Waals surface area contributed by atoms with E-state index >= 15 is 0 Å². The van der Waals surface area contributed by atoms with Crippen LogP contribution in [0.5, 0.6) is 5.75 Å². The van der Waals surface area contributed by atoms with Crippen molar-refractivity contribution in [1.82, 2.24) is 9.88 Å². The first-order valence-corrected chi connectivity index (χ1v) is 10.9. The zero-order chi connectivity index (χ0) is 21.7. The van der Waals surface area contributed by atoms with Crippen LogP contribution in [0.2, 0.25) is 0 Å². The van der Waals surface area contributed by atoms with Crippen molar-refractivity contribution in [2.24, 2.45) is 0 Å². The Morgan fingerprint density at radius 3 is 2.23 bits per heavy atom. The van der Waals surface area contributed by atoms with Gasteiger partial charge in [-0.2, -0.15) is 0 Å². The van der Waals surface area contributed by atoms with Crippen LogP contribution in [0, 0.1) is 0 Å². The zero-order valence-corrected chi connectivity index (χ0v) is 19.9. The van der Waals surface area contributed by atoms with Crippen molar-refractivity contribution in [3.63, 3.8) is 0 Å². The number of benzene rings is 2. The van der Waals surface area contributed by atoms with E-state index in [-0.39, 0.29) is 24.1 Å². The van der Waals surface area contributed by atoms with Crippen LogP contribution >= 0.6 is 23.7 Å². The lowest BCUT2D eigenvalue weighted by atomic mass is 10.1. The van der Waals surface area contributed by atoms with Gasteiger partial charge in [0.2, 0.25) is 0 Å². The van der Waals surface area contributed by atoms with Crippen molar-refractivity contribution in [3.05, 3.63) is 53.6 Å². The maximum absolute atomic E-state index is 13.4. The number of likely N-dealkylation sites (N-methyl/N-ethyl adjacent to an activating group) is 1. The van der Waals surface area contributed by atoms with Gasteiger partial charge in [0, 0.05) is 30.3 Å². The summed E-state index contributed by atoms with van der Waals surface area (Å²) >= 11 is 1.49. The largest absolute Gasteiger partial charge is 0.497 e. The molecule has 0 unspecified atom stereocenters. The molecule has 166 valence electrons. The molecule has 1 heterocycles. The molecule has 1 aromatic heterocycles. The molecule has 0 radical (unpaired) electrons. The van der Waals surface area contributed by atoms with Crippen LogP contribution in [0.15, 0.2) is 42.5 Å². The maximum atomic E-state index is 13.4. The predicted molar refractivity (Wildman–Crippen MR) is 129 cm³/mol. The number of methoxy groups -OCH3 is 1. The molecule has 2 aromatic carbocycles. The van der Waals surface area contributed by atoms with Crippen molar-refractivity contribution >= 4 is 50.8 Å². The van der Waals surface area contributed by atoms with Gasteiger partial charge >= 0.3 is 0 Å². The van der Waals surface area contributed by atoms with E-state index in [1.807, 2.05) is 18.2 Å². The first-order chi connectivity index (χ1) is 14.5. The van der Waals surface area contributed by atoms with Gasteiger partial charge in [0.1, 0.15) is 5.75 Å². The Morgan fingerprint density at radius 2 is 1.65 bits per heavy atom. The molecular formula is C23H28ClN3O3S. The lowest BCUT2D eigenvalue weighted by Crippen LogP contribution is -2.38. The second kappa shape index (κ2) is 11.2. The zero-order valence-electron chi connectivity index (χ0n) is 18.3. The molecule has 0 bridgehead atoms. The fourth-order valence-corrected chi connectivity index (χ4v) is 4.18. The highest BCUT2D eigenvalue weighted by atomic mass is 35.5. The number of Topliss-reactive ketones (excluding diaryl/α,β-unsaturated/α-hetero) is 1. The van der Waals surface area contributed by atoms with E-state index in [1.54, 1.807) is 36.3 Å². The van der Waals surface area contributed by atoms with Crippen LogP contribution in [-0.4, -0.2) is 54.9 Å². The summed E-state index contributed by atoms with van der Waals surface area (Å²) in [5.74, 6) is 0.593. The van der Waals surface area contributed by atoms with E-state index in [2.05, 4.69) is 18.7 Å². The fourth-order valence-electron chi connectivity index (χ4n) is 3.21. The SMILES string of the molecule is CCN(CC)CCN(C(=O)c1ccc(C(C)=O)cc1)c1nc2cc(OC)ccc2s1.Cl. The number of hydrogen-bond donors (Lipinski definition) is 0. The minimum Gasteiger partial charge on any atom is -0.497 e. The Bertz CT molecular complexity index is 1030. The quantitative estimate of drug-likeness (QED) is 0.423. The van der Waals surface area contributed by atoms with Crippen LogP contribution in [0.1, 0.15) is 41.5 Å². The maximum Gasteiger partial charge on any atom is 0.260 e. The summed E-state index contributed by atoms with van der Waals surface area (Å²) in [7, 11) is 1.62. The molecule has 0 aliphatic rings. The van der Waals surface area contributed by atoms with E-state index in [9.17, 15) is 9.59 Å². The molecule has 0 aliphatic carbocycles. The van der Waals surface area contributed by atoms with Gasteiger partial charge in [-0.25, -0.2) is 4.98 Å². The number of amides is 1. The molecule has 0 fully saturated rings. The third kappa shape index (κ3) is 5.81. The summed E-state index contributed by atoms with van der Waals surface area (Å²) in [4.78, 5) is 33.7. The highest BCUT2D eigenvalue weighted by molar-refractivity contribution is 7.22. The second-order valence-electron chi connectivity index (χ2n) is 6.95. The lowest BCUT2D eigenvalue weighted by molar-refractivity contribution is 0.0980. The Labute approximate surface area is 193 Å². The van der Waals surface area contributed by atoms with Crippen molar-refractivity contribution in [1.29, 1.82) is 0 Å². The highest BCUT2D eigenvalue weighted by Crippen LogP contribution is 2.32. The Kier molecular flexibility index (Phi) is 8.98. The van der Waals surface area contributed by atoms with Crippen LogP contribution in [0.3, 0.4) is 0 Å². The third-order valence-corrected chi connectivity index (χ3v) is 6.19. The van der Waals surface area contributed by atoms with Gasteiger partial charge in [0.05, 0.1) is 17.3 Å². The van der Waals surface area contributed by atoms with Crippen molar-refractivity contribution in [3.8, 4) is 5.75 Å². The summed E-state index contributed by atoms with van der Waals surface area (Å²) in [6.45, 7) is 8.87. The molecule has 0 saturated heterocycles. The van der Waals surface area contributed by atoms with Crippen LogP contribution in [0.4, 0.5) is 5.13 Å². The van der Waals surface area contributed by atoms with Crippen molar-refractivity contribution < 1.29 is 14.3 Å². The van der Waals surface area contributed by atoms with E-state index < -0.39 is 0 Å². The molecule has 8 heteroatoms. The number of aromatic nitrogens is 1. The smallest absolute Gasteiger partial charge is 0.260 e. The summed E-state index contributed by atoms with van der Waals surface area (Å²) in [5.41, 5.74) is 1.94. The topological polar surface area (TPSA) is 62.7 Å². The number of rotatable bonds is 9. The van der Waals surface area contributed by atoms with Gasteiger partial charge in [0.15, 0.2) is 10.9 Å².